The van der Waals surface area contributed by atoms with Gasteiger partial charge >= 0.3 is 11.9 Å². The van der Waals surface area contributed by atoms with E-state index in [1.165, 1.54) is 68.1 Å². The minimum atomic E-state index is -1.41. The molecule has 1 heterocycles. The number of halogens is 1. The van der Waals surface area contributed by atoms with Gasteiger partial charge in [0.25, 0.3) is 11.8 Å². The van der Waals surface area contributed by atoms with Crippen molar-refractivity contribution < 1.29 is 37.8 Å². The van der Waals surface area contributed by atoms with E-state index in [2.05, 4.69) is 25.9 Å². The largest absolute Gasteiger partial charge is 0.457 e. The number of carbonyl (C=O) groups is 5. The van der Waals surface area contributed by atoms with Crippen LogP contribution in [0.15, 0.2) is 122 Å². The molecule has 0 spiro atoms. The van der Waals surface area contributed by atoms with Crippen LogP contribution in [-0.2, 0) is 33.9 Å². The molecule has 4 aliphatic rings. The molecule has 5 aromatic carbocycles. The summed E-state index contributed by atoms with van der Waals surface area (Å²) in [6.45, 7) is 0.413. The highest BCUT2D eigenvalue weighted by molar-refractivity contribution is 6.11. The first-order valence-corrected chi connectivity index (χ1v) is 21.7. The maximum Gasteiger partial charge on any atom is 0.338 e. The maximum atomic E-state index is 15.2. The van der Waals surface area contributed by atoms with Crippen molar-refractivity contribution >= 4 is 46.4 Å². The average Bonchev–Trinajstić information content (AvgIpc) is 3.77. The van der Waals surface area contributed by atoms with Crippen LogP contribution < -0.4 is 16.0 Å². The van der Waals surface area contributed by atoms with E-state index >= 15 is 4.39 Å². The molecule has 4 bridgehead atoms. The Balaban J connectivity index is 0.981. The predicted molar refractivity (Wildman–Crippen MR) is 237 cm³/mol. The molecule has 4 saturated carbocycles. The molecule has 4 fully saturated rings. The fraction of sp³-hybridized carbons (Fsp3) is 0.294. The average molecular weight is 862 g/mol. The second kappa shape index (κ2) is 18.3. The predicted octanol–water partition coefficient (Wildman–Crippen LogP) is 8.34. The lowest BCUT2D eigenvalue weighted by Gasteiger charge is -2.56. The van der Waals surface area contributed by atoms with Crippen molar-refractivity contribution in [2.24, 2.45) is 23.2 Å². The van der Waals surface area contributed by atoms with E-state index in [-0.39, 0.29) is 58.6 Å². The Kier molecular flexibility index (Phi) is 12.0. The van der Waals surface area contributed by atoms with Crippen LogP contribution >= 0.6 is 0 Å². The summed E-state index contributed by atoms with van der Waals surface area (Å²) in [5, 5.41) is 8.67. The molecule has 1 atom stereocenters. The van der Waals surface area contributed by atoms with E-state index in [0.29, 0.717) is 35.3 Å². The number of esters is 2. The third-order valence-corrected chi connectivity index (χ3v) is 12.9. The molecular weight excluding hydrogens is 814 g/mol. The van der Waals surface area contributed by atoms with Crippen molar-refractivity contribution in [3.63, 3.8) is 0 Å². The van der Waals surface area contributed by atoms with E-state index in [0.717, 1.165) is 30.4 Å². The van der Waals surface area contributed by atoms with E-state index in [1.807, 2.05) is 36.4 Å². The van der Waals surface area contributed by atoms with Crippen molar-refractivity contribution in [1.82, 2.24) is 20.6 Å². The van der Waals surface area contributed by atoms with Crippen molar-refractivity contribution in [3.05, 3.63) is 166 Å². The Morgan fingerprint density at radius 2 is 1.27 bits per heavy atom. The highest BCUT2D eigenvalue weighted by Gasteiger charge is 2.50. The molecule has 13 heteroatoms. The van der Waals surface area contributed by atoms with Gasteiger partial charge in [-0.3, -0.25) is 14.4 Å². The number of rotatable bonds is 15. The normalized spacial score (nSPS) is 20.0. The summed E-state index contributed by atoms with van der Waals surface area (Å²) in [7, 11) is 0. The fourth-order valence-corrected chi connectivity index (χ4v) is 10.3. The molecule has 3 amide bonds. The molecule has 0 unspecified atom stereocenters. The van der Waals surface area contributed by atoms with Crippen LogP contribution in [0.25, 0.3) is 11.0 Å². The molecule has 326 valence electrons. The number of hydrogen-bond acceptors (Lipinski definition) is 8. The number of anilines is 1. The van der Waals surface area contributed by atoms with Crippen molar-refractivity contribution in [1.29, 1.82) is 0 Å². The number of imidazole rings is 1. The SMILES string of the molecule is O=C(OCc1ccccc1)c1cc(NC(=O)[C@H](Cc2ccccc2F)NC(=O)c2cc3nc[nH]c3cc2C(=O)NCC23CC4CC(CC(C4)C2)C3)cc(C(=O)OCc2ccccc2)c1. The Bertz CT molecular complexity index is 2610. The van der Waals surface area contributed by atoms with Crippen molar-refractivity contribution in [2.75, 3.05) is 11.9 Å². The van der Waals surface area contributed by atoms with E-state index in [1.54, 1.807) is 36.4 Å². The monoisotopic (exact) mass is 861 g/mol. The van der Waals surface area contributed by atoms with Crippen LogP contribution in [0, 0.1) is 29.0 Å². The molecule has 64 heavy (non-hydrogen) atoms. The number of aromatic nitrogens is 2. The van der Waals surface area contributed by atoms with Gasteiger partial charge in [0.2, 0.25) is 5.91 Å². The molecule has 12 nitrogen and oxygen atoms in total. The zero-order chi connectivity index (χ0) is 44.2. The molecule has 0 saturated heterocycles. The number of benzene rings is 5. The first-order valence-electron chi connectivity index (χ1n) is 21.7. The van der Waals surface area contributed by atoms with Gasteiger partial charge < -0.3 is 30.4 Å². The molecule has 0 aliphatic heterocycles. The second-order valence-electron chi connectivity index (χ2n) is 17.7. The van der Waals surface area contributed by atoms with E-state index in [9.17, 15) is 24.0 Å². The van der Waals surface area contributed by atoms with Gasteiger partial charge in [-0.15, -0.1) is 0 Å². The summed E-state index contributed by atoms with van der Waals surface area (Å²) < 4.78 is 26.4. The van der Waals surface area contributed by atoms with Crippen LogP contribution in [0.2, 0.25) is 0 Å². The van der Waals surface area contributed by atoms with Gasteiger partial charge in [-0.05, 0) is 115 Å². The van der Waals surface area contributed by atoms with Gasteiger partial charge in [0, 0.05) is 18.7 Å². The third kappa shape index (κ3) is 9.58. The molecule has 4 aliphatic carbocycles. The zero-order valence-electron chi connectivity index (χ0n) is 35.1. The smallest absolute Gasteiger partial charge is 0.338 e. The summed E-state index contributed by atoms with van der Waals surface area (Å²) >= 11 is 0. The van der Waals surface area contributed by atoms with Crippen LogP contribution in [0.5, 0.6) is 0 Å². The highest BCUT2D eigenvalue weighted by Crippen LogP contribution is 2.59. The Hall–Kier alpha value is -7.15. The number of ether oxygens (including phenoxy) is 2. The first-order chi connectivity index (χ1) is 31.1. The van der Waals surface area contributed by atoms with Crippen LogP contribution in [0.3, 0.4) is 0 Å². The lowest BCUT2D eigenvalue weighted by molar-refractivity contribution is -0.118. The summed E-state index contributed by atoms with van der Waals surface area (Å²) in [6.07, 6.45) is 8.26. The highest BCUT2D eigenvalue weighted by atomic mass is 19.1. The number of nitrogens with one attached hydrogen (secondary N) is 4. The van der Waals surface area contributed by atoms with Gasteiger partial charge in [0.1, 0.15) is 25.1 Å². The van der Waals surface area contributed by atoms with Gasteiger partial charge in [0.15, 0.2) is 0 Å². The Morgan fingerprint density at radius 1 is 0.703 bits per heavy atom. The van der Waals surface area contributed by atoms with Gasteiger partial charge in [-0.25, -0.2) is 19.0 Å². The lowest BCUT2D eigenvalue weighted by atomic mass is 9.49. The number of amides is 3. The van der Waals surface area contributed by atoms with Gasteiger partial charge in [-0.2, -0.15) is 0 Å². The number of hydrogen-bond donors (Lipinski definition) is 4. The molecule has 10 rings (SSSR count). The first kappa shape index (κ1) is 42.2. The van der Waals surface area contributed by atoms with E-state index < -0.39 is 41.5 Å². The standard InChI is InChI=1S/C51H48FN5O7/c52-42-14-8-7-13-36(42)21-45(57-47(59)41-23-44-43(54-30-55-44)22-40(41)46(58)53-29-51-24-33-15-34(25-51)17-35(16-33)26-51)48(60)56-39-19-37(49(61)63-27-31-9-3-1-4-10-31)18-38(20-39)50(62)64-28-32-11-5-2-6-12-32/h1-14,18-20,22-23,30,33-35,45H,15-17,21,24-29H2,(H,53,58)(H,54,55)(H,56,60)(H,57,59)/t33?,34?,35?,45-,51?/m0/s1. The quantitative estimate of drug-likeness (QED) is 0.0748. The number of carbonyl (C=O) groups excluding carboxylic acids is 5. The summed E-state index contributed by atoms with van der Waals surface area (Å²) in [6, 6.07) is 29.7. The molecular formula is C51H48FN5O7. The van der Waals surface area contributed by atoms with Crippen molar-refractivity contribution in [2.45, 2.75) is 64.2 Å². The van der Waals surface area contributed by atoms with Gasteiger partial charge in [-0.1, -0.05) is 78.9 Å². The summed E-state index contributed by atoms with van der Waals surface area (Å²) in [5.41, 5.74) is 2.65. The second-order valence-corrected chi connectivity index (χ2v) is 17.7. The fourth-order valence-electron chi connectivity index (χ4n) is 10.3. The third-order valence-electron chi connectivity index (χ3n) is 12.9. The van der Waals surface area contributed by atoms with Crippen LogP contribution in [0.4, 0.5) is 10.1 Å². The van der Waals surface area contributed by atoms with Crippen LogP contribution in [0.1, 0.15) is 96.6 Å². The topological polar surface area (TPSA) is 169 Å². The maximum absolute atomic E-state index is 15.2. The summed E-state index contributed by atoms with van der Waals surface area (Å²) in [5.74, 6) is -2.02. The summed E-state index contributed by atoms with van der Waals surface area (Å²) in [4.78, 5) is 77.2. The Morgan fingerprint density at radius 3 is 1.86 bits per heavy atom. The minimum Gasteiger partial charge on any atom is -0.457 e. The number of fused-ring (bicyclic) bond motifs is 1. The molecule has 0 radical (unpaired) electrons. The van der Waals surface area contributed by atoms with E-state index in [4.69, 9.17) is 9.47 Å². The minimum absolute atomic E-state index is 0.0134. The number of aromatic amines is 1. The molecule has 4 N–H and O–H groups in total. The lowest BCUT2D eigenvalue weighted by Crippen LogP contribution is -2.51. The molecule has 6 aromatic rings. The van der Waals surface area contributed by atoms with Crippen molar-refractivity contribution in [3.8, 4) is 0 Å². The Labute approximate surface area is 369 Å². The van der Waals surface area contributed by atoms with Crippen LogP contribution in [-0.4, -0.2) is 52.2 Å². The zero-order valence-corrected chi connectivity index (χ0v) is 35.1. The molecule has 1 aromatic heterocycles. The van der Waals surface area contributed by atoms with Gasteiger partial charge in [0.05, 0.1) is 39.6 Å². The number of H-pyrrole nitrogens is 1. The number of nitrogens with zero attached hydrogens (tertiary/aromatic N) is 1.